The fraction of sp³-hybridized carbons (Fsp3) is 0.0167. The van der Waals surface area contributed by atoms with Gasteiger partial charge in [-0.3, -0.25) is 0 Å². The summed E-state index contributed by atoms with van der Waals surface area (Å²) in [6.45, 7) is 0. The Kier molecular flexibility index (Phi) is 8.72. The molecule has 0 saturated carbocycles. The number of hydrogen-bond acceptors (Lipinski definition) is 3. The van der Waals surface area contributed by atoms with E-state index in [1.807, 2.05) is 36.4 Å². The van der Waals surface area contributed by atoms with Gasteiger partial charge in [-0.15, -0.1) is 0 Å². The molecule has 1 aliphatic rings. The summed E-state index contributed by atoms with van der Waals surface area (Å²) in [6, 6.07) is 84.6. The maximum atomic E-state index is 5.40. The molecule has 9 aromatic carbocycles. The molecular weight excluding hydrogens is 763 g/mol. The lowest BCUT2D eigenvalue weighted by Gasteiger charge is -2.34. The van der Waals surface area contributed by atoms with E-state index in [2.05, 4.69) is 200 Å². The molecule has 0 bridgehead atoms. The SMILES string of the molecule is c1ccc(-c2cc(-c3ccccc3)nc(-c3ccc(-c4ccc(-c5nc6ccccc6c6cc7c(cc56)-c5ccccc5C7(c5ccccc5)c5ccccc5)cc4)cc3)n2)cc1. The van der Waals surface area contributed by atoms with Gasteiger partial charge in [0.2, 0.25) is 0 Å². The first-order valence-electron chi connectivity index (χ1n) is 21.5. The molecule has 2 aromatic heterocycles. The van der Waals surface area contributed by atoms with Crippen molar-refractivity contribution in [2.75, 3.05) is 0 Å². The molecule has 11 aromatic rings. The number of nitrogens with zero attached hydrogens (tertiary/aromatic N) is 3. The molecule has 2 heterocycles. The zero-order chi connectivity index (χ0) is 41.7. The summed E-state index contributed by atoms with van der Waals surface area (Å²) in [5.74, 6) is 0.699. The normalized spacial score (nSPS) is 12.6. The molecule has 3 heteroatoms. The highest BCUT2D eigenvalue weighted by Crippen LogP contribution is 2.57. The first-order valence-corrected chi connectivity index (χ1v) is 21.5. The molecule has 63 heavy (non-hydrogen) atoms. The molecule has 0 saturated heterocycles. The van der Waals surface area contributed by atoms with Gasteiger partial charge in [-0.05, 0) is 74.2 Å². The highest BCUT2D eigenvalue weighted by molar-refractivity contribution is 6.13. The summed E-state index contributed by atoms with van der Waals surface area (Å²) in [4.78, 5) is 15.5. The maximum absolute atomic E-state index is 5.40. The Balaban J connectivity index is 0.961. The molecular formula is C60H39N3. The second-order valence-corrected chi connectivity index (χ2v) is 16.3. The van der Waals surface area contributed by atoms with Gasteiger partial charge < -0.3 is 0 Å². The Hall–Kier alpha value is -8.27. The molecule has 12 rings (SSSR count). The van der Waals surface area contributed by atoms with Crippen molar-refractivity contribution in [2.24, 2.45) is 0 Å². The van der Waals surface area contributed by atoms with Crippen LogP contribution >= 0.6 is 0 Å². The van der Waals surface area contributed by atoms with Crippen molar-refractivity contribution in [1.29, 1.82) is 0 Å². The van der Waals surface area contributed by atoms with E-state index in [1.165, 1.54) is 38.8 Å². The van der Waals surface area contributed by atoms with Crippen LogP contribution in [0.4, 0.5) is 0 Å². The zero-order valence-corrected chi connectivity index (χ0v) is 34.4. The van der Waals surface area contributed by atoms with E-state index in [0.717, 1.165) is 66.8 Å². The molecule has 0 spiro atoms. The van der Waals surface area contributed by atoms with Crippen LogP contribution in [-0.2, 0) is 5.41 Å². The number of pyridine rings is 1. The van der Waals surface area contributed by atoms with Gasteiger partial charge in [-0.25, -0.2) is 15.0 Å². The third kappa shape index (κ3) is 6.08. The standard InChI is InChI=1S/C60H39N3/c1-5-17-42(18-6-1)56-39-57(43-19-7-2-8-20-43)63-59(62-56)45-35-31-41(32-36-45)40-29-33-44(34-30-40)58-52-37-51-48-25-13-15-27-53(48)60(46-21-9-3-10-22-46,47-23-11-4-12-24-47)54(51)38-50(52)49-26-14-16-28-55(49)61-58/h1-39H. The maximum Gasteiger partial charge on any atom is 0.160 e. The third-order valence-electron chi connectivity index (χ3n) is 12.8. The second-order valence-electron chi connectivity index (χ2n) is 16.3. The minimum atomic E-state index is -0.481. The van der Waals surface area contributed by atoms with Gasteiger partial charge in [-0.2, -0.15) is 0 Å². The lowest BCUT2D eigenvalue weighted by Crippen LogP contribution is -2.28. The van der Waals surface area contributed by atoms with Crippen LogP contribution in [-0.4, -0.2) is 15.0 Å². The van der Waals surface area contributed by atoms with E-state index in [4.69, 9.17) is 15.0 Å². The lowest BCUT2D eigenvalue weighted by molar-refractivity contribution is 0.769. The summed E-state index contributed by atoms with van der Waals surface area (Å²) in [6.07, 6.45) is 0. The number of rotatable bonds is 7. The van der Waals surface area contributed by atoms with Crippen LogP contribution in [0, 0.1) is 0 Å². The Morgan fingerprint density at radius 2 is 0.778 bits per heavy atom. The largest absolute Gasteiger partial charge is 0.247 e. The number of para-hydroxylation sites is 1. The minimum absolute atomic E-state index is 0.481. The lowest BCUT2D eigenvalue weighted by atomic mass is 9.67. The summed E-state index contributed by atoms with van der Waals surface area (Å²) in [5, 5.41) is 3.49. The number of hydrogen-bond donors (Lipinski definition) is 0. The van der Waals surface area contributed by atoms with Crippen molar-refractivity contribution in [3.63, 3.8) is 0 Å². The summed E-state index contributed by atoms with van der Waals surface area (Å²) >= 11 is 0. The number of benzene rings is 9. The monoisotopic (exact) mass is 801 g/mol. The summed E-state index contributed by atoms with van der Waals surface area (Å²) in [7, 11) is 0. The van der Waals surface area contributed by atoms with Gasteiger partial charge in [0, 0.05) is 33.0 Å². The Morgan fingerprint density at radius 1 is 0.286 bits per heavy atom. The molecule has 3 nitrogen and oxygen atoms in total. The minimum Gasteiger partial charge on any atom is -0.247 e. The van der Waals surface area contributed by atoms with Crippen LogP contribution in [0.25, 0.3) is 89.1 Å². The Morgan fingerprint density at radius 3 is 1.38 bits per heavy atom. The van der Waals surface area contributed by atoms with Crippen LogP contribution < -0.4 is 0 Å². The van der Waals surface area contributed by atoms with Gasteiger partial charge in [-0.1, -0.05) is 212 Å². The number of fused-ring (bicyclic) bond motifs is 6. The molecule has 0 amide bonds. The van der Waals surface area contributed by atoms with Gasteiger partial charge >= 0.3 is 0 Å². The highest BCUT2D eigenvalue weighted by atomic mass is 14.9. The van der Waals surface area contributed by atoms with Crippen molar-refractivity contribution >= 4 is 21.7 Å². The van der Waals surface area contributed by atoms with Gasteiger partial charge in [0.1, 0.15) is 0 Å². The Bertz CT molecular complexity index is 3360. The van der Waals surface area contributed by atoms with E-state index in [1.54, 1.807) is 0 Å². The van der Waals surface area contributed by atoms with Gasteiger partial charge in [0.05, 0.1) is 28.0 Å². The van der Waals surface area contributed by atoms with Crippen molar-refractivity contribution in [1.82, 2.24) is 15.0 Å². The van der Waals surface area contributed by atoms with Crippen LogP contribution in [0.3, 0.4) is 0 Å². The van der Waals surface area contributed by atoms with E-state index in [9.17, 15) is 0 Å². The topological polar surface area (TPSA) is 38.7 Å². The first kappa shape index (κ1) is 36.6. The van der Waals surface area contributed by atoms with Crippen LogP contribution in [0.2, 0.25) is 0 Å². The average Bonchev–Trinajstić information content (AvgIpc) is 3.66. The molecule has 294 valence electrons. The fourth-order valence-electron chi connectivity index (χ4n) is 9.83. The fourth-order valence-corrected chi connectivity index (χ4v) is 9.83. The van der Waals surface area contributed by atoms with E-state index in [-0.39, 0.29) is 0 Å². The average molecular weight is 802 g/mol. The third-order valence-corrected chi connectivity index (χ3v) is 12.8. The molecule has 0 aliphatic heterocycles. The van der Waals surface area contributed by atoms with Crippen LogP contribution in [0.5, 0.6) is 0 Å². The van der Waals surface area contributed by atoms with Crippen molar-refractivity contribution in [3.05, 3.63) is 259 Å². The van der Waals surface area contributed by atoms with Gasteiger partial charge in [0.15, 0.2) is 5.82 Å². The molecule has 0 N–H and O–H groups in total. The first-order chi connectivity index (χ1) is 31.2. The highest BCUT2D eigenvalue weighted by Gasteiger charge is 2.46. The summed E-state index contributed by atoms with van der Waals surface area (Å²) in [5.41, 5.74) is 17.3. The quantitative estimate of drug-likeness (QED) is 0.151. The molecule has 1 aliphatic carbocycles. The van der Waals surface area contributed by atoms with Crippen LogP contribution in [0.15, 0.2) is 237 Å². The molecule has 0 atom stereocenters. The van der Waals surface area contributed by atoms with E-state index >= 15 is 0 Å². The molecule has 0 unspecified atom stereocenters. The smallest absolute Gasteiger partial charge is 0.160 e. The van der Waals surface area contributed by atoms with E-state index in [0.29, 0.717) is 5.82 Å². The number of aromatic nitrogens is 3. The Labute approximate surface area is 366 Å². The van der Waals surface area contributed by atoms with Crippen molar-refractivity contribution < 1.29 is 0 Å². The predicted octanol–water partition coefficient (Wildman–Crippen LogP) is 14.9. The molecule has 0 radical (unpaired) electrons. The molecule has 0 fully saturated rings. The zero-order valence-electron chi connectivity index (χ0n) is 34.4. The van der Waals surface area contributed by atoms with Crippen LogP contribution in [0.1, 0.15) is 22.3 Å². The van der Waals surface area contributed by atoms with Crippen molar-refractivity contribution in [2.45, 2.75) is 5.41 Å². The van der Waals surface area contributed by atoms with Gasteiger partial charge in [0.25, 0.3) is 0 Å². The van der Waals surface area contributed by atoms with E-state index < -0.39 is 5.41 Å². The predicted molar refractivity (Wildman–Crippen MR) is 259 cm³/mol. The second kappa shape index (κ2) is 15.0. The summed E-state index contributed by atoms with van der Waals surface area (Å²) < 4.78 is 0. The van der Waals surface area contributed by atoms with Crippen molar-refractivity contribution in [3.8, 4) is 67.4 Å².